The summed E-state index contributed by atoms with van der Waals surface area (Å²) in [7, 11) is 1.65. The second-order valence-electron chi connectivity index (χ2n) is 10.6. The fourth-order valence-corrected chi connectivity index (χ4v) is 4.54. The van der Waals surface area contributed by atoms with Crippen LogP contribution in [-0.4, -0.2) is 42.5 Å². The van der Waals surface area contributed by atoms with E-state index in [2.05, 4.69) is 25.8 Å². The molecular weight excluding hydrogens is 532 g/mol. The van der Waals surface area contributed by atoms with E-state index in [1.54, 1.807) is 26.4 Å². The first-order chi connectivity index (χ1) is 19.0. The van der Waals surface area contributed by atoms with Crippen LogP contribution < -0.4 is 14.9 Å². The minimum atomic E-state index is -0.685. The van der Waals surface area contributed by atoms with Crippen molar-refractivity contribution in [2.75, 3.05) is 26.9 Å². The van der Waals surface area contributed by atoms with Crippen molar-refractivity contribution in [2.24, 2.45) is 5.41 Å². The standard InChI is InChI=1S/C31H39ClN2O6/c1-7-38-30(36)24-18-34(19-26(28(24)35)40-20-22-12-9-8-10-13-22)27(31(3,4)5)17-23-16-25(29(32)33-21(23)2)39-15-11-14-37-6/h8-10,12-13,16,18-19,27H,7,11,14-15,17,20H2,1-6H3. The first-order valence-corrected chi connectivity index (χ1v) is 13.8. The largest absolute Gasteiger partial charge is 0.490 e. The lowest BCUT2D eigenvalue weighted by Crippen LogP contribution is -2.30. The third-order valence-electron chi connectivity index (χ3n) is 6.51. The Morgan fingerprint density at radius 2 is 1.80 bits per heavy atom. The van der Waals surface area contributed by atoms with E-state index >= 15 is 0 Å². The highest BCUT2D eigenvalue weighted by atomic mass is 35.5. The van der Waals surface area contributed by atoms with Gasteiger partial charge in [0.05, 0.1) is 19.4 Å². The van der Waals surface area contributed by atoms with Gasteiger partial charge in [0.1, 0.15) is 12.2 Å². The molecule has 40 heavy (non-hydrogen) atoms. The summed E-state index contributed by atoms with van der Waals surface area (Å²) in [5.41, 5.74) is 1.75. The summed E-state index contributed by atoms with van der Waals surface area (Å²) >= 11 is 6.39. The van der Waals surface area contributed by atoms with E-state index in [4.69, 9.17) is 30.5 Å². The topological polar surface area (TPSA) is 88.9 Å². The highest BCUT2D eigenvalue weighted by Crippen LogP contribution is 2.36. The number of ether oxygens (including phenoxy) is 4. The summed E-state index contributed by atoms with van der Waals surface area (Å²) in [6.45, 7) is 11.3. The molecule has 0 radical (unpaired) electrons. The summed E-state index contributed by atoms with van der Waals surface area (Å²) in [5.74, 6) is -0.100. The molecule has 0 aliphatic heterocycles. The summed E-state index contributed by atoms with van der Waals surface area (Å²) in [4.78, 5) is 30.6. The van der Waals surface area contributed by atoms with E-state index in [9.17, 15) is 9.59 Å². The lowest BCUT2D eigenvalue weighted by atomic mass is 9.82. The maximum Gasteiger partial charge on any atom is 0.343 e. The molecule has 216 valence electrons. The average Bonchev–Trinajstić information content (AvgIpc) is 2.91. The Hall–Kier alpha value is -3.36. The number of esters is 1. The molecule has 3 aromatic rings. The second-order valence-corrected chi connectivity index (χ2v) is 11.0. The van der Waals surface area contributed by atoms with E-state index < -0.39 is 11.4 Å². The number of hydrogen-bond acceptors (Lipinski definition) is 7. The third kappa shape index (κ3) is 8.32. The van der Waals surface area contributed by atoms with Gasteiger partial charge >= 0.3 is 5.97 Å². The van der Waals surface area contributed by atoms with Gasteiger partial charge in [0.15, 0.2) is 16.7 Å². The molecule has 0 bridgehead atoms. The number of carbonyl (C=O) groups excluding carboxylic acids is 1. The van der Waals surface area contributed by atoms with Gasteiger partial charge in [-0.2, -0.15) is 0 Å². The maximum absolute atomic E-state index is 13.3. The molecular formula is C31H39ClN2O6. The second kappa shape index (κ2) is 14.3. The lowest BCUT2D eigenvalue weighted by molar-refractivity contribution is 0.0522. The monoisotopic (exact) mass is 570 g/mol. The minimum Gasteiger partial charge on any atom is -0.490 e. The summed E-state index contributed by atoms with van der Waals surface area (Å²) in [6.07, 6.45) is 4.49. The fourth-order valence-electron chi connectivity index (χ4n) is 4.30. The van der Waals surface area contributed by atoms with Crippen LogP contribution >= 0.6 is 11.6 Å². The fraction of sp³-hybridized carbons (Fsp3) is 0.452. The molecule has 9 heteroatoms. The molecule has 2 heterocycles. The van der Waals surface area contributed by atoms with Gasteiger partial charge < -0.3 is 23.5 Å². The lowest BCUT2D eigenvalue weighted by Gasteiger charge is -2.34. The molecule has 0 saturated heterocycles. The van der Waals surface area contributed by atoms with Crippen LogP contribution in [0.4, 0.5) is 0 Å². The summed E-state index contributed by atoms with van der Waals surface area (Å²) in [5, 5.41) is 0.301. The number of aromatic nitrogens is 2. The van der Waals surface area contributed by atoms with Crippen molar-refractivity contribution in [2.45, 2.75) is 60.1 Å². The van der Waals surface area contributed by atoms with Gasteiger partial charge in [0.25, 0.3) is 0 Å². The predicted molar refractivity (Wildman–Crippen MR) is 156 cm³/mol. The zero-order valence-electron chi connectivity index (χ0n) is 24.2. The zero-order chi connectivity index (χ0) is 29.3. The van der Waals surface area contributed by atoms with Gasteiger partial charge in [-0.05, 0) is 42.9 Å². The molecule has 0 amide bonds. The number of nitrogens with zero attached hydrogens (tertiary/aromatic N) is 2. The Kier molecular flexibility index (Phi) is 11.2. The van der Waals surface area contributed by atoms with Crippen LogP contribution in [0.3, 0.4) is 0 Å². The van der Waals surface area contributed by atoms with Crippen molar-refractivity contribution in [1.82, 2.24) is 9.55 Å². The molecule has 0 N–H and O–H groups in total. The molecule has 8 nitrogen and oxygen atoms in total. The molecule has 0 fully saturated rings. The molecule has 0 spiro atoms. The van der Waals surface area contributed by atoms with E-state index in [1.807, 2.05) is 47.9 Å². The normalized spacial score (nSPS) is 12.2. The van der Waals surface area contributed by atoms with Gasteiger partial charge in [-0.25, -0.2) is 9.78 Å². The van der Waals surface area contributed by atoms with Crippen LogP contribution in [0.25, 0.3) is 0 Å². The Morgan fingerprint density at radius 3 is 2.45 bits per heavy atom. The van der Waals surface area contributed by atoms with Gasteiger partial charge in [0, 0.05) is 38.1 Å². The molecule has 0 aliphatic carbocycles. The molecule has 1 unspecified atom stereocenters. The number of carbonyl (C=O) groups is 1. The van der Waals surface area contributed by atoms with Crippen molar-refractivity contribution in [3.63, 3.8) is 0 Å². The molecule has 0 saturated carbocycles. The number of pyridine rings is 2. The number of methoxy groups -OCH3 is 1. The number of aryl methyl sites for hydroxylation is 1. The van der Waals surface area contributed by atoms with Crippen molar-refractivity contribution in [3.8, 4) is 11.5 Å². The van der Waals surface area contributed by atoms with E-state index in [-0.39, 0.29) is 36.0 Å². The van der Waals surface area contributed by atoms with Crippen molar-refractivity contribution in [1.29, 1.82) is 0 Å². The van der Waals surface area contributed by atoms with Crippen molar-refractivity contribution < 1.29 is 23.7 Å². The number of halogens is 1. The Morgan fingerprint density at radius 1 is 1.07 bits per heavy atom. The zero-order valence-corrected chi connectivity index (χ0v) is 24.9. The number of benzene rings is 1. The van der Waals surface area contributed by atoms with Crippen LogP contribution in [0.2, 0.25) is 5.15 Å². The van der Waals surface area contributed by atoms with Crippen LogP contribution in [0, 0.1) is 12.3 Å². The van der Waals surface area contributed by atoms with Crippen molar-refractivity contribution in [3.05, 3.63) is 86.6 Å². The first-order valence-electron chi connectivity index (χ1n) is 13.4. The van der Waals surface area contributed by atoms with Crippen LogP contribution in [-0.2, 0) is 22.5 Å². The van der Waals surface area contributed by atoms with Crippen molar-refractivity contribution >= 4 is 17.6 Å². The van der Waals surface area contributed by atoms with E-state index in [0.717, 1.165) is 23.2 Å². The summed E-state index contributed by atoms with van der Waals surface area (Å²) in [6, 6.07) is 11.3. The summed E-state index contributed by atoms with van der Waals surface area (Å²) < 4.78 is 24.0. The highest BCUT2D eigenvalue weighted by Gasteiger charge is 2.29. The van der Waals surface area contributed by atoms with E-state index in [1.165, 1.54) is 0 Å². The predicted octanol–water partition coefficient (Wildman–Crippen LogP) is 6.21. The first kappa shape index (κ1) is 31.2. The quantitative estimate of drug-likeness (QED) is 0.137. The Bertz CT molecular complexity index is 1330. The van der Waals surface area contributed by atoms with Crippen LogP contribution in [0.5, 0.6) is 11.5 Å². The highest BCUT2D eigenvalue weighted by molar-refractivity contribution is 6.30. The third-order valence-corrected chi connectivity index (χ3v) is 6.78. The SMILES string of the molecule is CCOC(=O)c1cn(C(Cc2cc(OCCCOC)c(Cl)nc2C)C(C)(C)C)cc(OCc2ccccc2)c1=O. The molecule has 0 aliphatic rings. The number of rotatable bonds is 13. The van der Waals surface area contributed by atoms with Gasteiger partial charge in [-0.15, -0.1) is 0 Å². The smallest absolute Gasteiger partial charge is 0.343 e. The molecule has 1 atom stereocenters. The van der Waals surface area contributed by atoms with E-state index in [0.29, 0.717) is 30.5 Å². The van der Waals surface area contributed by atoms with Gasteiger partial charge in [-0.3, -0.25) is 4.79 Å². The molecule has 3 rings (SSSR count). The van der Waals surface area contributed by atoms with Gasteiger partial charge in [0.2, 0.25) is 5.43 Å². The molecule has 1 aromatic carbocycles. The molecule has 2 aromatic heterocycles. The van der Waals surface area contributed by atoms with Gasteiger partial charge in [-0.1, -0.05) is 62.7 Å². The minimum absolute atomic E-state index is 0.0743. The average molecular weight is 571 g/mol. The Labute approximate surface area is 241 Å². The van der Waals surface area contributed by atoms with Crippen LogP contribution in [0.1, 0.15) is 67.3 Å². The van der Waals surface area contributed by atoms with Crippen LogP contribution in [0.15, 0.2) is 53.6 Å². The Balaban J connectivity index is 2.02. The maximum atomic E-state index is 13.3. The number of hydrogen-bond donors (Lipinski definition) is 0.